The zero-order valence-corrected chi connectivity index (χ0v) is 8.31. The molecule has 0 radical (unpaired) electrons. The Balaban J connectivity index is 3.40. The number of imide groups is 1. The van der Waals surface area contributed by atoms with Gasteiger partial charge >= 0.3 is 6.03 Å². The minimum Gasteiger partial charge on any atom is -0.383 e. The maximum Gasteiger partial charge on any atom is 0.321 e. The van der Waals surface area contributed by atoms with E-state index < -0.39 is 6.03 Å². The van der Waals surface area contributed by atoms with Crippen LogP contribution in [0.15, 0.2) is 0 Å². The van der Waals surface area contributed by atoms with Gasteiger partial charge in [-0.25, -0.2) is 4.79 Å². The lowest BCUT2D eigenvalue weighted by atomic mass is 10.6. The van der Waals surface area contributed by atoms with Crippen molar-refractivity contribution in [2.24, 2.45) is 0 Å². The Morgan fingerprint density at radius 3 is 2.67 bits per heavy atom. The van der Waals surface area contributed by atoms with Crippen molar-refractivity contribution in [2.45, 2.75) is 0 Å². The lowest BCUT2D eigenvalue weighted by Crippen LogP contribution is -2.41. The quantitative estimate of drug-likeness (QED) is 0.529. The van der Waals surface area contributed by atoms with E-state index in [0.717, 1.165) is 0 Å². The third-order valence-corrected chi connectivity index (χ3v) is 1.48. The van der Waals surface area contributed by atoms with Gasteiger partial charge in [0.1, 0.15) is 0 Å². The number of halogens is 1. The van der Waals surface area contributed by atoms with Gasteiger partial charge in [0.15, 0.2) is 0 Å². The first-order valence-electron chi connectivity index (χ1n) is 3.33. The summed E-state index contributed by atoms with van der Waals surface area (Å²) in [6.45, 7) is 0.813. The van der Waals surface area contributed by atoms with Gasteiger partial charge < -0.3 is 10.1 Å². The highest BCUT2D eigenvalue weighted by Crippen LogP contribution is 1.77. The molecule has 0 rings (SSSR count). The van der Waals surface area contributed by atoms with E-state index in [1.807, 2.05) is 0 Å². The molecule has 0 unspecified atom stereocenters. The number of hydrogen-bond donors (Lipinski definition) is 2. The second kappa shape index (κ2) is 7.05. The third kappa shape index (κ3) is 6.11. The summed E-state index contributed by atoms with van der Waals surface area (Å²) in [5.74, 6) is -0.370. The molecule has 6 heteroatoms. The van der Waals surface area contributed by atoms with Crippen LogP contribution in [0.25, 0.3) is 0 Å². The highest BCUT2D eigenvalue weighted by molar-refractivity contribution is 9.09. The maximum atomic E-state index is 10.8. The number of carbonyl (C=O) groups is 2. The zero-order chi connectivity index (χ0) is 9.40. The first-order chi connectivity index (χ1) is 5.70. The number of methoxy groups -OCH3 is 1. The van der Waals surface area contributed by atoms with Crippen molar-refractivity contribution in [3.63, 3.8) is 0 Å². The van der Waals surface area contributed by atoms with Crippen LogP contribution >= 0.6 is 15.9 Å². The topological polar surface area (TPSA) is 67.4 Å². The second-order valence-electron chi connectivity index (χ2n) is 1.93. The highest BCUT2D eigenvalue weighted by atomic mass is 79.9. The van der Waals surface area contributed by atoms with Gasteiger partial charge in [-0.15, -0.1) is 0 Å². The van der Waals surface area contributed by atoms with Crippen LogP contribution in [-0.4, -0.2) is 37.5 Å². The van der Waals surface area contributed by atoms with E-state index in [1.165, 1.54) is 7.11 Å². The number of ether oxygens (including phenoxy) is 1. The Morgan fingerprint density at radius 1 is 1.50 bits per heavy atom. The van der Waals surface area contributed by atoms with Gasteiger partial charge in [-0.05, 0) is 0 Å². The van der Waals surface area contributed by atoms with E-state index in [1.54, 1.807) is 0 Å². The molecule has 0 saturated heterocycles. The van der Waals surface area contributed by atoms with E-state index in [0.29, 0.717) is 13.2 Å². The predicted octanol–water partition coefficient (Wildman–Crippen LogP) is -0.147. The molecule has 0 spiro atoms. The fraction of sp³-hybridized carbons (Fsp3) is 0.667. The third-order valence-electron chi connectivity index (χ3n) is 0.966. The zero-order valence-electron chi connectivity index (χ0n) is 6.72. The predicted molar refractivity (Wildman–Crippen MR) is 47.2 cm³/mol. The molecule has 0 aromatic rings. The van der Waals surface area contributed by atoms with Gasteiger partial charge in [0.25, 0.3) is 0 Å². The summed E-state index contributed by atoms with van der Waals surface area (Å²) in [7, 11) is 1.53. The van der Waals surface area contributed by atoms with Crippen molar-refractivity contribution in [3.05, 3.63) is 0 Å². The number of alkyl halides is 1. The van der Waals surface area contributed by atoms with Crippen LogP contribution in [-0.2, 0) is 9.53 Å². The van der Waals surface area contributed by atoms with E-state index in [2.05, 4.69) is 31.3 Å². The van der Waals surface area contributed by atoms with E-state index in [-0.39, 0.29) is 11.2 Å². The Kier molecular flexibility index (Phi) is 6.69. The van der Waals surface area contributed by atoms with Crippen LogP contribution in [0.3, 0.4) is 0 Å². The SMILES string of the molecule is COCCNC(=O)NC(=O)CBr. The molecule has 0 aliphatic rings. The summed E-state index contributed by atoms with van der Waals surface area (Å²) in [6.07, 6.45) is 0. The standard InChI is InChI=1S/C6H11BrN2O3/c1-12-3-2-8-6(11)9-5(10)4-7/h2-4H2,1H3,(H2,8,9,10,11). The van der Waals surface area contributed by atoms with Crippen LogP contribution in [0.5, 0.6) is 0 Å². The van der Waals surface area contributed by atoms with Gasteiger partial charge in [-0.3, -0.25) is 10.1 Å². The number of carbonyl (C=O) groups excluding carboxylic acids is 2. The molecule has 5 nitrogen and oxygen atoms in total. The smallest absolute Gasteiger partial charge is 0.321 e. The molecule has 0 aromatic heterocycles. The van der Waals surface area contributed by atoms with Crippen molar-refractivity contribution in [1.29, 1.82) is 0 Å². The average molecular weight is 239 g/mol. The lowest BCUT2D eigenvalue weighted by Gasteiger charge is -2.03. The fourth-order valence-corrected chi connectivity index (χ4v) is 0.611. The van der Waals surface area contributed by atoms with Gasteiger partial charge in [-0.2, -0.15) is 0 Å². The van der Waals surface area contributed by atoms with Crippen molar-refractivity contribution in [2.75, 3.05) is 25.6 Å². The summed E-state index contributed by atoms with van der Waals surface area (Å²) < 4.78 is 4.69. The molecule has 2 N–H and O–H groups in total. The minimum absolute atomic E-state index is 0.116. The number of rotatable bonds is 4. The minimum atomic E-state index is -0.503. The van der Waals surface area contributed by atoms with Crippen LogP contribution in [0.4, 0.5) is 4.79 Å². The van der Waals surface area contributed by atoms with E-state index >= 15 is 0 Å². The molecule has 0 aliphatic carbocycles. The van der Waals surface area contributed by atoms with Crippen molar-refractivity contribution in [1.82, 2.24) is 10.6 Å². The largest absolute Gasteiger partial charge is 0.383 e. The molecular formula is C6H11BrN2O3. The summed E-state index contributed by atoms with van der Waals surface area (Å²) >= 11 is 2.91. The monoisotopic (exact) mass is 238 g/mol. The van der Waals surface area contributed by atoms with Crippen LogP contribution < -0.4 is 10.6 Å². The van der Waals surface area contributed by atoms with Gasteiger partial charge in [0.2, 0.25) is 5.91 Å². The molecule has 70 valence electrons. The van der Waals surface area contributed by atoms with Crippen molar-refractivity contribution >= 4 is 27.9 Å². The fourth-order valence-electron chi connectivity index (χ4n) is 0.471. The number of amides is 3. The van der Waals surface area contributed by atoms with E-state index in [4.69, 9.17) is 0 Å². The summed E-state index contributed by atoms with van der Waals surface area (Å²) in [4.78, 5) is 21.4. The molecule has 0 atom stereocenters. The second-order valence-corrected chi connectivity index (χ2v) is 2.49. The van der Waals surface area contributed by atoms with Gasteiger partial charge in [-0.1, -0.05) is 15.9 Å². The molecule has 0 aromatic carbocycles. The Morgan fingerprint density at radius 2 is 2.17 bits per heavy atom. The molecular weight excluding hydrogens is 228 g/mol. The molecule has 0 saturated carbocycles. The summed E-state index contributed by atoms with van der Waals surface area (Å²) in [5, 5.41) is 4.64. The van der Waals surface area contributed by atoms with Crippen LogP contribution in [0.1, 0.15) is 0 Å². The molecule has 0 fully saturated rings. The molecule has 0 bridgehead atoms. The van der Waals surface area contributed by atoms with Crippen LogP contribution in [0.2, 0.25) is 0 Å². The normalized spacial score (nSPS) is 9.17. The molecule has 0 aliphatic heterocycles. The summed E-state index contributed by atoms with van der Waals surface area (Å²) in [6, 6.07) is -0.503. The molecule has 0 heterocycles. The number of nitrogens with one attached hydrogen (secondary N) is 2. The average Bonchev–Trinajstić information content (AvgIpc) is 2.05. The number of urea groups is 1. The van der Waals surface area contributed by atoms with Crippen LogP contribution in [0, 0.1) is 0 Å². The Bertz CT molecular complexity index is 163. The first kappa shape index (κ1) is 11.4. The summed E-state index contributed by atoms with van der Waals surface area (Å²) in [5.41, 5.74) is 0. The van der Waals surface area contributed by atoms with Crippen molar-refractivity contribution in [3.8, 4) is 0 Å². The van der Waals surface area contributed by atoms with Gasteiger partial charge in [0, 0.05) is 13.7 Å². The maximum absolute atomic E-state index is 10.8. The molecule has 3 amide bonds. The Hall–Kier alpha value is -0.620. The van der Waals surface area contributed by atoms with Crippen molar-refractivity contribution < 1.29 is 14.3 Å². The van der Waals surface area contributed by atoms with E-state index in [9.17, 15) is 9.59 Å². The Labute approximate surface area is 79.0 Å². The first-order valence-corrected chi connectivity index (χ1v) is 4.45. The van der Waals surface area contributed by atoms with Gasteiger partial charge in [0.05, 0.1) is 11.9 Å². The lowest BCUT2D eigenvalue weighted by molar-refractivity contribution is -0.117. The molecule has 12 heavy (non-hydrogen) atoms. The number of hydrogen-bond acceptors (Lipinski definition) is 3. The highest BCUT2D eigenvalue weighted by Gasteiger charge is 2.03.